The minimum Gasteiger partial charge on any atom is -0.491 e. The summed E-state index contributed by atoms with van der Waals surface area (Å²) in [5.41, 5.74) is 7.43. The Hall–Kier alpha value is -2.50. The molecule has 6 nitrogen and oxygen atoms in total. The van der Waals surface area contributed by atoms with Gasteiger partial charge in [0.1, 0.15) is 17.3 Å². The van der Waals surface area contributed by atoms with E-state index in [1.54, 1.807) is 0 Å². The fourth-order valence-electron chi connectivity index (χ4n) is 1.77. The molecule has 0 atom stereocenters. The molecule has 0 bridgehead atoms. The van der Waals surface area contributed by atoms with Gasteiger partial charge in [-0.15, -0.1) is 0 Å². The van der Waals surface area contributed by atoms with Gasteiger partial charge < -0.3 is 15.8 Å². The maximum Gasteiger partial charge on any atom is 0.273 e. The minimum absolute atomic E-state index is 0.114. The van der Waals surface area contributed by atoms with Crippen LogP contribution in [0.25, 0.3) is 0 Å². The van der Waals surface area contributed by atoms with Crippen LogP contribution in [-0.4, -0.2) is 22.2 Å². The van der Waals surface area contributed by atoms with Gasteiger partial charge in [0.05, 0.1) is 6.10 Å². The summed E-state index contributed by atoms with van der Waals surface area (Å²) in [6, 6.07) is 7.01. The summed E-state index contributed by atoms with van der Waals surface area (Å²) in [6.07, 6.45) is 0.114. The first kappa shape index (κ1) is 13.9. The molecule has 1 aromatic carbocycles. The molecule has 0 saturated carbocycles. The third kappa shape index (κ3) is 3.28. The van der Waals surface area contributed by atoms with Crippen LogP contribution in [0.5, 0.6) is 5.75 Å². The van der Waals surface area contributed by atoms with Gasteiger partial charge in [-0.2, -0.15) is 5.10 Å². The second-order valence-electron chi connectivity index (χ2n) is 4.80. The molecule has 0 unspecified atom stereocenters. The molecule has 6 heteroatoms. The second-order valence-corrected chi connectivity index (χ2v) is 4.80. The van der Waals surface area contributed by atoms with Gasteiger partial charge in [-0.05, 0) is 44.5 Å². The van der Waals surface area contributed by atoms with Gasteiger partial charge in [0.2, 0.25) is 0 Å². The number of hydrogen-bond donors (Lipinski definition) is 3. The number of aromatic amines is 1. The summed E-state index contributed by atoms with van der Waals surface area (Å²) in [4.78, 5) is 12.0. The van der Waals surface area contributed by atoms with Crippen molar-refractivity contribution in [3.8, 4) is 5.75 Å². The molecule has 2 rings (SSSR count). The van der Waals surface area contributed by atoms with Crippen molar-refractivity contribution in [3.63, 3.8) is 0 Å². The van der Waals surface area contributed by atoms with Crippen LogP contribution in [0.4, 0.5) is 11.5 Å². The molecular weight excluding hydrogens is 256 g/mol. The van der Waals surface area contributed by atoms with E-state index < -0.39 is 0 Å². The summed E-state index contributed by atoms with van der Waals surface area (Å²) in [5, 5.41) is 9.09. The Morgan fingerprint density at radius 2 is 2.15 bits per heavy atom. The van der Waals surface area contributed by atoms with Crippen molar-refractivity contribution < 1.29 is 9.53 Å². The van der Waals surface area contributed by atoms with Crippen molar-refractivity contribution in [2.24, 2.45) is 0 Å². The van der Waals surface area contributed by atoms with Crippen molar-refractivity contribution in [2.45, 2.75) is 26.9 Å². The molecule has 1 aromatic heterocycles. The SMILES string of the molecule is Cc1cc(OC(C)C)ccc1NC(=O)c1cc(N)n[nH]1. The largest absolute Gasteiger partial charge is 0.491 e. The number of benzene rings is 1. The number of nitrogens with zero attached hydrogens (tertiary/aromatic N) is 1. The Bertz CT molecular complexity index is 619. The van der Waals surface area contributed by atoms with E-state index in [0.29, 0.717) is 5.69 Å². The molecule has 0 saturated heterocycles. The fraction of sp³-hybridized carbons (Fsp3) is 0.286. The second kappa shape index (κ2) is 5.64. The van der Waals surface area contributed by atoms with E-state index in [1.807, 2.05) is 39.0 Å². The molecule has 106 valence electrons. The molecule has 20 heavy (non-hydrogen) atoms. The number of carbonyl (C=O) groups excluding carboxylic acids is 1. The maximum atomic E-state index is 12.0. The van der Waals surface area contributed by atoms with Gasteiger partial charge in [-0.1, -0.05) is 0 Å². The highest BCUT2D eigenvalue weighted by molar-refractivity contribution is 6.03. The third-order valence-electron chi connectivity index (χ3n) is 2.66. The molecule has 2 aromatic rings. The summed E-state index contributed by atoms with van der Waals surface area (Å²) in [7, 11) is 0. The van der Waals surface area contributed by atoms with Crippen molar-refractivity contribution in [1.29, 1.82) is 0 Å². The highest BCUT2D eigenvalue weighted by Gasteiger charge is 2.11. The van der Waals surface area contributed by atoms with Crippen LogP contribution in [0.3, 0.4) is 0 Å². The topological polar surface area (TPSA) is 93.0 Å². The lowest BCUT2D eigenvalue weighted by Gasteiger charge is -2.13. The first-order chi connectivity index (χ1) is 9.45. The van der Waals surface area contributed by atoms with Crippen molar-refractivity contribution in [3.05, 3.63) is 35.5 Å². The van der Waals surface area contributed by atoms with E-state index in [2.05, 4.69) is 15.5 Å². The predicted molar refractivity (Wildman–Crippen MR) is 77.9 cm³/mol. The molecule has 0 spiro atoms. The Morgan fingerprint density at radius 3 is 2.70 bits per heavy atom. The molecule has 0 aliphatic heterocycles. The predicted octanol–water partition coefficient (Wildman–Crippen LogP) is 2.34. The number of aryl methyl sites for hydroxylation is 1. The molecule has 0 aliphatic carbocycles. The smallest absolute Gasteiger partial charge is 0.273 e. The highest BCUT2D eigenvalue weighted by Crippen LogP contribution is 2.22. The van der Waals surface area contributed by atoms with E-state index in [0.717, 1.165) is 17.0 Å². The Morgan fingerprint density at radius 1 is 1.40 bits per heavy atom. The van der Waals surface area contributed by atoms with Crippen LogP contribution in [0.1, 0.15) is 29.9 Å². The van der Waals surface area contributed by atoms with Gasteiger partial charge >= 0.3 is 0 Å². The third-order valence-corrected chi connectivity index (χ3v) is 2.66. The lowest BCUT2D eigenvalue weighted by atomic mass is 10.2. The average molecular weight is 274 g/mol. The van der Waals surface area contributed by atoms with E-state index in [1.165, 1.54) is 6.07 Å². The van der Waals surface area contributed by atoms with Crippen molar-refractivity contribution >= 4 is 17.4 Å². The summed E-state index contributed by atoms with van der Waals surface area (Å²) in [6.45, 7) is 5.84. The molecule has 1 heterocycles. The standard InChI is InChI=1S/C14H18N4O2/c1-8(2)20-10-4-5-11(9(3)6-10)16-14(19)12-7-13(15)18-17-12/h4-8H,1-3H3,(H,16,19)(H3,15,17,18). The van der Waals surface area contributed by atoms with Gasteiger partial charge in [0.15, 0.2) is 0 Å². The first-order valence-corrected chi connectivity index (χ1v) is 6.35. The number of amides is 1. The monoisotopic (exact) mass is 274 g/mol. The Kier molecular flexibility index (Phi) is 3.93. The number of nitrogen functional groups attached to an aromatic ring is 1. The van der Waals surface area contributed by atoms with Crippen LogP contribution in [0.2, 0.25) is 0 Å². The fourth-order valence-corrected chi connectivity index (χ4v) is 1.77. The minimum atomic E-state index is -0.283. The normalized spacial score (nSPS) is 10.6. The van der Waals surface area contributed by atoms with Crippen molar-refractivity contribution in [2.75, 3.05) is 11.1 Å². The summed E-state index contributed by atoms with van der Waals surface area (Å²) < 4.78 is 5.60. The van der Waals surface area contributed by atoms with Gasteiger partial charge in [0.25, 0.3) is 5.91 Å². The van der Waals surface area contributed by atoms with Gasteiger partial charge in [-0.3, -0.25) is 9.89 Å². The maximum absolute atomic E-state index is 12.0. The molecule has 0 aliphatic rings. The molecule has 0 fully saturated rings. The number of hydrogen-bond acceptors (Lipinski definition) is 4. The Balaban J connectivity index is 2.11. The van der Waals surface area contributed by atoms with Gasteiger partial charge in [0, 0.05) is 11.8 Å². The number of H-pyrrole nitrogens is 1. The van der Waals surface area contributed by atoms with Crippen LogP contribution in [0.15, 0.2) is 24.3 Å². The van der Waals surface area contributed by atoms with E-state index >= 15 is 0 Å². The number of nitrogens with two attached hydrogens (primary N) is 1. The van der Waals surface area contributed by atoms with E-state index in [9.17, 15) is 4.79 Å². The van der Waals surface area contributed by atoms with Crippen LogP contribution in [-0.2, 0) is 0 Å². The van der Waals surface area contributed by atoms with Crippen LogP contribution >= 0.6 is 0 Å². The number of ether oxygens (including phenoxy) is 1. The number of rotatable bonds is 4. The molecule has 0 radical (unpaired) electrons. The summed E-state index contributed by atoms with van der Waals surface area (Å²) in [5.74, 6) is 0.781. The van der Waals surface area contributed by atoms with E-state index in [4.69, 9.17) is 10.5 Å². The van der Waals surface area contributed by atoms with Gasteiger partial charge in [-0.25, -0.2) is 0 Å². The lowest BCUT2D eigenvalue weighted by molar-refractivity contribution is 0.102. The molecule has 1 amide bonds. The summed E-state index contributed by atoms with van der Waals surface area (Å²) >= 11 is 0. The lowest BCUT2D eigenvalue weighted by Crippen LogP contribution is -2.13. The zero-order chi connectivity index (χ0) is 14.7. The number of carbonyl (C=O) groups is 1. The zero-order valence-electron chi connectivity index (χ0n) is 11.7. The average Bonchev–Trinajstić information content (AvgIpc) is 2.78. The van der Waals surface area contributed by atoms with Crippen LogP contribution < -0.4 is 15.8 Å². The quantitative estimate of drug-likeness (QED) is 0.797. The molecule has 4 N–H and O–H groups in total. The van der Waals surface area contributed by atoms with E-state index in [-0.39, 0.29) is 17.8 Å². The number of nitrogens with one attached hydrogen (secondary N) is 2. The number of aromatic nitrogens is 2. The highest BCUT2D eigenvalue weighted by atomic mass is 16.5. The van der Waals surface area contributed by atoms with Crippen molar-refractivity contribution in [1.82, 2.24) is 10.2 Å². The zero-order valence-corrected chi connectivity index (χ0v) is 11.7. The Labute approximate surface area is 117 Å². The van der Waals surface area contributed by atoms with Crippen LogP contribution in [0, 0.1) is 6.92 Å². The molecular formula is C14H18N4O2. The number of anilines is 2. The first-order valence-electron chi connectivity index (χ1n) is 6.35.